The fourth-order valence-corrected chi connectivity index (χ4v) is 4.52. The molecule has 1 fully saturated rings. The third-order valence-corrected chi connectivity index (χ3v) is 6.11. The summed E-state index contributed by atoms with van der Waals surface area (Å²) in [5, 5.41) is 7.91. The summed E-state index contributed by atoms with van der Waals surface area (Å²) in [6.45, 7) is 5.01. The summed E-state index contributed by atoms with van der Waals surface area (Å²) in [6, 6.07) is 4.70. The van der Waals surface area contributed by atoms with E-state index in [1.807, 2.05) is 0 Å². The van der Waals surface area contributed by atoms with Crippen LogP contribution in [0.3, 0.4) is 0 Å². The molecule has 1 saturated heterocycles. The number of rotatable bonds is 6. The second-order valence-electron chi connectivity index (χ2n) is 7.07. The molecule has 0 aliphatic carbocycles. The number of nitrogens with one attached hydrogen (secondary N) is 3. The Labute approximate surface area is 159 Å². The minimum absolute atomic E-state index is 0.0541. The van der Waals surface area contributed by atoms with Crippen molar-refractivity contribution in [3.63, 3.8) is 0 Å². The van der Waals surface area contributed by atoms with Gasteiger partial charge in [-0.1, -0.05) is 26.0 Å². The average molecular weight is 395 g/mol. The number of anilines is 1. The summed E-state index contributed by atoms with van der Waals surface area (Å²) in [7, 11) is -3.10. The van der Waals surface area contributed by atoms with Crippen molar-refractivity contribution in [3.8, 4) is 0 Å². The van der Waals surface area contributed by atoms with Crippen molar-refractivity contribution >= 4 is 33.2 Å². The van der Waals surface area contributed by atoms with E-state index in [1.165, 1.54) is 6.92 Å². The molecule has 9 heteroatoms. The number of benzene rings is 1. The molecule has 1 heterocycles. The molecule has 2 atom stereocenters. The van der Waals surface area contributed by atoms with Crippen LogP contribution in [0.5, 0.6) is 0 Å². The van der Waals surface area contributed by atoms with Gasteiger partial charge in [-0.25, -0.2) is 13.2 Å². The summed E-state index contributed by atoms with van der Waals surface area (Å²) in [5.74, 6) is -0.760. The zero-order chi connectivity index (χ0) is 20.2. The number of carbonyl (C=O) groups excluding carboxylic acids is 3. The lowest BCUT2D eigenvalue weighted by Gasteiger charge is -2.23. The number of hydrogen-bond acceptors (Lipinski definition) is 5. The first-order valence-electron chi connectivity index (χ1n) is 8.76. The summed E-state index contributed by atoms with van der Waals surface area (Å²) in [6.07, 6.45) is 0.367. The van der Waals surface area contributed by atoms with Gasteiger partial charge < -0.3 is 16.0 Å². The summed E-state index contributed by atoms with van der Waals surface area (Å²) < 4.78 is 23.0. The maximum absolute atomic E-state index is 12.6. The van der Waals surface area contributed by atoms with Crippen molar-refractivity contribution in [2.45, 2.75) is 39.3 Å². The van der Waals surface area contributed by atoms with E-state index < -0.39 is 33.9 Å². The molecule has 0 bridgehead atoms. The molecule has 1 aliphatic rings. The van der Waals surface area contributed by atoms with Crippen LogP contribution in [0.25, 0.3) is 0 Å². The topological polar surface area (TPSA) is 121 Å². The first-order chi connectivity index (χ1) is 12.6. The third-order valence-electron chi connectivity index (χ3n) is 4.34. The van der Waals surface area contributed by atoms with Crippen molar-refractivity contribution in [2.75, 3.05) is 16.8 Å². The normalized spacial score (nSPS) is 19.3. The molecule has 3 amide bonds. The fraction of sp³-hybridized carbons (Fsp3) is 0.500. The SMILES string of the molecule is CC(=O)c1cccc(NC(=O)[C@@H](NC(=O)N[C@@H]2CCS(=O)(=O)C2)C(C)C)c1. The Bertz CT molecular complexity index is 835. The van der Waals surface area contributed by atoms with Crippen LogP contribution in [0.15, 0.2) is 24.3 Å². The second-order valence-corrected chi connectivity index (χ2v) is 9.29. The number of ketones is 1. The Balaban J connectivity index is 1.99. The molecule has 0 aromatic heterocycles. The van der Waals surface area contributed by atoms with Crippen molar-refractivity contribution in [3.05, 3.63) is 29.8 Å². The molecule has 0 radical (unpaired) electrons. The molecule has 1 aliphatic heterocycles. The van der Waals surface area contributed by atoms with Gasteiger partial charge in [0.1, 0.15) is 6.04 Å². The Morgan fingerprint density at radius 1 is 1.19 bits per heavy atom. The van der Waals surface area contributed by atoms with E-state index in [4.69, 9.17) is 0 Å². The van der Waals surface area contributed by atoms with Crippen molar-refractivity contribution in [1.29, 1.82) is 0 Å². The minimum atomic E-state index is -3.10. The highest BCUT2D eigenvalue weighted by Gasteiger charge is 2.30. The predicted molar refractivity (Wildman–Crippen MR) is 102 cm³/mol. The Morgan fingerprint density at radius 2 is 1.89 bits per heavy atom. The molecule has 8 nitrogen and oxygen atoms in total. The average Bonchev–Trinajstić information content (AvgIpc) is 2.91. The molecule has 27 heavy (non-hydrogen) atoms. The van der Waals surface area contributed by atoms with Gasteiger partial charge in [-0.2, -0.15) is 0 Å². The Morgan fingerprint density at radius 3 is 2.44 bits per heavy atom. The standard InChI is InChI=1S/C18H25N3O5S/c1-11(2)16(21-18(24)20-15-7-8-27(25,26)10-15)17(23)19-14-6-4-5-13(9-14)12(3)22/h4-6,9,11,15-16H,7-8,10H2,1-3H3,(H,19,23)(H2,20,21,24)/t15-,16+/m1/s1. The maximum Gasteiger partial charge on any atom is 0.315 e. The first-order valence-corrected chi connectivity index (χ1v) is 10.6. The highest BCUT2D eigenvalue weighted by molar-refractivity contribution is 7.91. The number of amides is 3. The smallest absolute Gasteiger partial charge is 0.315 e. The maximum atomic E-state index is 12.6. The zero-order valence-corrected chi connectivity index (χ0v) is 16.4. The molecule has 0 saturated carbocycles. The molecule has 3 N–H and O–H groups in total. The van der Waals surface area contributed by atoms with E-state index in [2.05, 4.69) is 16.0 Å². The van der Waals surface area contributed by atoms with Crippen LogP contribution in [-0.2, 0) is 14.6 Å². The van der Waals surface area contributed by atoms with Gasteiger partial charge in [0.15, 0.2) is 15.6 Å². The lowest BCUT2D eigenvalue weighted by Crippen LogP contribution is -2.52. The van der Waals surface area contributed by atoms with Crippen LogP contribution >= 0.6 is 0 Å². The molecule has 0 spiro atoms. The summed E-state index contributed by atoms with van der Waals surface area (Å²) >= 11 is 0. The lowest BCUT2D eigenvalue weighted by molar-refractivity contribution is -0.118. The van der Waals surface area contributed by atoms with Crippen LogP contribution in [0.4, 0.5) is 10.5 Å². The van der Waals surface area contributed by atoms with Gasteiger partial charge in [-0.15, -0.1) is 0 Å². The Kier molecular flexibility index (Phi) is 6.59. The van der Waals surface area contributed by atoms with Crippen molar-refractivity contribution in [1.82, 2.24) is 10.6 Å². The zero-order valence-electron chi connectivity index (χ0n) is 15.6. The van der Waals surface area contributed by atoms with E-state index in [0.717, 1.165) is 0 Å². The lowest BCUT2D eigenvalue weighted by atomic mass is 10.0. The fourth-order valence-electron chi connectivity index (χ4n) is 2.85. The van der Waals surface area contributed by atoms with Gasteiger partial charge in [0.05, 0.1) is 11.5 Å². The third kappa shape index (κ3) is 6.06. The van der Waals surface area contributed by atoms with Gasteiger partial charge in [-0.05, 0) is 31.4 Å². The number of carbonyl (C=O) groups is 3. The van der Waals surface area contributed by atoms with Crippen molar-refractivity contribution < 1.29 is 22.8 Å². The molecule has 2 rings (SSSR count). The van der Waals surface area contributed by atoms with E-state index in [-0.39, 0.29) is 23.2 Å². The van der Waals surface area contributed by atoms with Gasteiger partial charge >= 0.3 is 6.03 Å². The molecule has 1 aromatic rings. The molecule has 1 aromatic carbocycles. The summed E-state index contributed by atoms with van der Waals surface area (Å²) in [4.78, 5) is 36.2. The highest BCUT2D eigenvalue weighted by atomic mass is 32.2. The summed E-state index contributed by atoms with van der Waals surface area (Å²) in [5.41, 5.74) is 0.935. The van der Waals surface area contributed by atoms with Gasteiger partial charge in [0, 0.05) is 17.3 Å². The second kappa shape index (κ2) is 8.51. The van der Waals surface area contributed by atoms with Gasteiger partial charge in [0.25, 0.3) is 0 Å². The monoisotopic (exact) mass is 395 g/mol. The van der Waals surface area contributed by atoms with Crippen LogP contribution < -0.4 is 16.0 Å². The highest BCUT2D eigenvalue weighted by Crippen LogP contribution is 2.14. The van der Waals surface area contributed by atoms with E-state index in [0.29, 0.717) is 17.7 Å². The minimum Gasteiger partial charge on any atom is -0.334 e. The van der Waals surface area contributed by atoms with Gasteiger partial charge in [0.2, 0.25) is 5.91 Å². The number of Topliss-reactive ketones (excluding diaryl/α,β-unsaturated/α-hetero) is 1. The first kappa shape index (κ1) is 20.9. The van der Waals surface area contributed by atoms with E-state index >= 15 is 0 Å². The quantitative estimate of drug-likeness (QED) is 0.628. The number of sulfone groups is 1. The molecular weight excluding hydrogens is 370 g/mol. The Hall–Kier alpha value is -2.42. The van der Waals surface area contributed by atoms with Crippen LogP contribution in [0.1, 0.15) is 37.6 Å². The predicted octanol–water partition coefficient (Wildman–Crippen LogP) is 1.34. The van der Waals surface area contributed by atoms with E-state index in [1.54, 1.807) is 38.1 Å². The van der Waals surface area contributed by atoms with Crippen LogP contribution in [-0.4, -0.2) is 49.7 Å². The van der Waals surface area contributed by atoms with Crippen LogP contribution in [0, 0.1) is 5.92 Å². The van der Waals surface area contributed by atoms with Gasteiger partial charge in [-0.3, -0.25) is 9.59 Å². The molecular formula is C18H25N3O5S. The number of urea groups is 1. The van der Waals surface area contributed by atoms with E-state index in [9.17, 15) is 22.8 Å². The molecule has 0 unspecified atom stereocenters. The molecule has 148 valence electrons. The largest absolute Gasteiger partial charge is 0.334 e. The number of hydrogen-bond donors (Lipinski definition) is 3. The van der Waals surface area contributed by atoms with Crippen LogP contribution in [0.2, 0.25) is 0 Å². The van der Waals surface area contributed by atoms with Crippen molar-refractivity contribution in [2.24, 2.45) is 5.92 Å².